The molecule has 0 radical (unpaired) electrons. The maximum Gasteiger partial charge on any atom is 0.251 e. The van der Waals surface area contributed by atoms with Gasteiger partial charge < -0.3 is 15.1 Å². The lowest BCUT2D eigenvalue weighted by molar-refractivity contribution is 0.0952. The van der Waals surface area contributed by atoms with Gasteiger partial charge in [0.25, 0.3) is 5.91 Å². The normalized spacial score (nSPS) is 10.8. The van der Waals surface area contributed by atoms with E-state index in [2.05, 4.69) is 33.9 Å². The van der Waals surface area contributed by atoms with Gasteiger partial charge in [0.05, 0.1) is 0 Å². The van der Waals surface area contributed by atoms with Gasteiger partial charge >= 0.3 is 0 Å². The number of aromatic nitrogens is 1. The molecule has 1 amide bonds. The third-order valence-corrected chi connectivity index (χ3v) is 3.39. The molecule has 5 heteroatoms. The summed E-state index contributed by atoms with van der Waals surface area (Å²) in [7, 11) is 4.07. The van der Waals surface area contributed by atoms with Crippen molar-refractivity contribution in [1.82, 2.24) is 15.2 Å². The van der Waals surface area contributed by atoms with E-state index in [0.717, 1.165) is 44.7 Å². The maximum absolute atomic E-state index is 12.2. The zero-order chi connectivity index (χ0) is 16.4. The first-order chi connectivity index (χ1) is 10.6. The predicted octanol–water partition coefficient (Wildman–Crippen LogP) is 2.39. The van der Waals surface area contributed by atoms with Crippen LogP contribution in [0.3, 0.4) is 0 Å². The molecule has 1 heterocycles. The van der Waals surface area contributed by atoms with E-state index in [1.807, 2.05) is 20.2 Å². The summed E-state index contributed by atoms with van der Waals surface area (Å²) in [5, 5.41) is 2.97. The fourth-order valence-electron chi connectivity index (χ4n) is 2.31. The molecule has 0 unspecified atom stereocenters. The van der Waals surface area contributed by atoms with Crippen molar-refractivity contribution in [3.05, 3.63) is 23.9 Å². The van der Waals surface area contributed by atoms with Gasteiger partial charge in [0.15, 0.2) is 0 Å². The average molecular weight is 306 g/mol. The first-order valence-corrected chi connectivity index (χ1v) is 8.22. The molecule has 0 aromatic carbocycles. The van der Waals surface area contributed by atoms with Crippen LogP contribution in [0.4, 0.5) is 5.82 Å². The second-order valence-corrected chi connectivity index (χ2v) is 5.80. The van der Waals surface area contributed by atoms with Crippen molar-refractivity contribution in [2.75, 3.05) is 45.2 Å². The third kappa shape index (κ3) is 6.43. The van der Waals surface area contributed by atoms with Crippen molar-refractivity contribution in [2.45, 2.75) is 33.1 Å². The summed E-state index contributed by atoms with van der Waals surface area (Å²) in [4.78, 5) is 21.0. The Morgan fingerprint density at radius 3 is 2.45 bits per heavy atom. The van der Waals surface area contributed by atoms with E-state index in [4.69, 9.17) is 0 Å². The number of rotatable bonds is 10. The molecular weight excluding hydrogens is 276 g/mol. The Morgan fingerprint density at radius 1 is 1.18 bits per heavy atom. The Bertz CT molecular complexity index is 442. The van der Waals surface area contributed by atoms with Crippen molar-refractivity contribution in [3.63, 3.8) is 0 Å². The monoisotopic (exact) mass is 306 g/mol. The smallest absolute Gasteiger partial charge is 0.251 e. The number of anilines is 1. The maximum atomic E-state index is 12.2. The molecule has 22 heavy (non-hydrogen) atoms. The number of hydrogen-bond acceptors (Lipinski definition) is 4. The van der Waals surface area contributed by atoms with Crippen LogP contribution in [-0.4, -0.2) is 56.1 Å². The Labute approximate surface area is 134 Å². The number of hydrogen-bond donors (Lipinski definition) is 1. The topological polar surface area (TPSA) is 48.5 Å². The summed E-state index contributed by atoms with van der Waals surface area (Å²) in [5.41, 5.74) is 0.687. The molecule has 5 nitrogen and oxygen atoms in total. The highest BCUT2D eigenvalue weighted by atomic mass is 16.1. The van der Waals surface area contributed by atoms with Crippen LogP contribution in [0.2, 0.25) is 0 Å². The van der Waals surface area contributed by atoms with Crippen LogP contribution in [0.1, 0.15) is 43.5 Å². The quantitative estimate of drug-likeness (QED) is 0.674. The first-order valence-electron chi connectivity index (χ1n) is 8.22. The molecule has 0 fully saturated rings. The number of amides is 1. The number of carbonyl (C=O) groups is 1. The highest BCUT2D eigenvalue weighted by Crippen LogP contribution is 2.13. The molecule has 0 aliphatic carbocycles. The van der Waals surface area contributed by atoms with Gasteiger partial charge in [0.1, 0.15) is 5.82 Å². The number of nitrogens with zero attached hydrogens (tertiary/aromatic N) is 3. The Kier molecular flexibility index (Phi) is 8.51. The van der Waals surface area contributed by atoms with Crippen molar-refractivity contribution >= 4 is 11.7 Å². The molecule has 1 aromatic heterocycles. The molecule has 0 aliphatic heterocycles. The van der Waals surface area contributed by atoms with Crippen molar-refractivity contribution in [2.24, 2.45) is 0 Å². The molecular formula is C17H30N4O. The summed E-state index contributed by atoms with van der Waals surface area (Å²) >= 11 is 0. The fourth-order valence-corrected chi connectivity index (χ4v) is 2.31. The van der Waals surface area contributed by atoms with Crippen LogP contribution < -0.4 is 10.2 Å². The molecule has 0 saturated carbocycles. The Morgan fingerprint density at radius 2 is 1.86 bits per heavy atom. The lowest BCUT2D eigenvalue weighted by Crippen LogP contribution is -2.28. The van der Waals surface area contributed by atoms with E-state index in [1.54, 1.807) is 12.3 Å². The fraction of sp³-hybridized carbons (Fsp3) is 0.647. The van der Waals surface area contributed by atoms with Gasteiger partial charge in [0.2, 0.25) is 0 Å². The van der Waals surface area contributed by atoms with E-state index in [1.165, 1.54) is 0 Å². The second-order valence-electron chi connectivity index (χ2n) is 5.80. The first kappa shape index (κ1) is 18.4. The molecule has 0 spiro atoms. The molecule has 1 N–H and O–H groups in total. The van der Waals surface area contributed by atoms with Crippen LogP contribution in [0, 0.1) is 0 Å². The minimum absolute atomic E-state index is 0.0182. The molecule has 0 atom stereocenters. The lowest BCUT2D eigenvalue weighted by Gasteiger charge is -2.22. The number of carbonyl (C=O) groups excluding carboxylic acids is 1. The van der Waals surface area contributed by atoms with Gasteiger partial charge in [-0.1, -0.05) is 13.8 Å². The van der Waals surface area contributed by atoms with Crippen molar-refractivity contribution in [3.8, 4) is 0 Å². The van der Waals surface area contributed by atoms with Crippen molar-refractivity contribution < 1.29 is 4.79 Å². The van der Waals surface area contributed by atoms with Crippen LogP contribution >= 0.6 is 0 Å². The van der Waals surface area contributed by atoms with Gasteiger partial charge in [0, 0.05) is 31.4 Å². The van der Waals surface area contributed by atoms with Gasteiger partial charge in [-0.25, -0.2) is 4.98 Å². The van der Waals surface area contributed by atoms with Gasteiger partial charge in [-0.2, -0.15) is 0 Å². The van der Waals surface area contributed by atoms with Gasteiger partial charge in [-0.05, 0) is 52.0 Å². The lowest BCUT2D eigenvalue weighted by atomic mass is 10.2. The standard InChI is InChI=1S/C17H30N4O/c1-5-11-21(12-6-2)16-14-15(8-10-18-16)17(22)19-9-7-13-20(3)4/h8,10,14H,5-7,9,11-13H2,1-4H3,(H,19,22). The van der Waals surface area contributed by atoms with E-state index in [-0.39, 0.29) is 5.91 Å². The highest BCUT2D eigenvalue weighted by molar-refractivity contribution is 5.94. The average Bonchev–Trinajstić information content (AvgIpc) is 2.51. The Balaban J connectivity index is 2.63. The molecule has 1 rings (SSSR count). The van der Waals surface area contributed by atoms with E-state index < -0.39 is 0 Å². The van der Waals surface area contributed by atoms with Gasteiger partial charge in [-0.3, -0.25) is 4.79 Å². The zero-order valence-corrected chi connectivity index (χ0v) is 14.4. The van der Waals surface area contributed by atoms with Crippen LogP contribution in [-0.2, 0) is 0 Å². The molecule has 124 valence electrons. The third-order valence-electron chi connectivity index (χ3n) is 3.39. The largest absolute Gasteiger partial charge is 0.357 e. The number of pyridine rings is 1. The summed E-state index contributed by atoms with van der Waals surface area (Å²) in [6.07, 6.45) is 4.82. The van der Waals surface area contributed by atoms with Crippen LogP contribution in [0.25, 0.3) is 0 Å². The molecule has 0 bridgehead atoms. The summed E-state index contributed by atoms with van der Waals surface area (Å²) < 4.78 is 0. The van der Waals surface area contributed by atoms with E-state index >= 15 is 0 Å². The minimum atomic E-state index is -0.0182. The Hall–Kier alpha value is -1.62. The molecule has 0 saturated heterocycles. The number of nitrogens with one attached hydrogen (secondary N) is 1. The minimum Gasteiger partial charge on any atom is -0.357 e. The molecule has 1 aromatic rings. The predicted molar refractivity (Wildman–Crippen MR) is 92.5 cm³/mol. The van der Waals surface area contributed by atoms with Crippen LogP contribution in [0.5, 0.6) is 0 Å². The van der Waals surface area contributed by atoms with E-state index in [9.17, 15) is 4.79 Å². The summed E-state index contributed by atoms with van der Waals surface area (Å²) in [6.45, 7) is 7.92. The van der Waals surface area contributed by atoms with Gasteiger partial charge in [-0.15, -0.1) is 0 Å². The van der Waals surface area contributed by atoms with Crippen LogP contribution in [0.15, 0.2) is 18.3 Å². The SMILES string of the molecule is CCCN(CCC)c1cc(C(=O)NCCCN(C)C)ccn1. The summed E-state index contributed by atoms with van der Waals surface area (Å²) in [6, 6.07) is 3.67. The second kappa shape index (κ2) is 10.2. The van der Waals surface area contributed by atoms with Crippen molar-refractivity contribution in [1.29, 1.82) is 0 Å². The zero-order valence-electron chi connectivity index (χ0n) is 14.4. The highest BCUT2D eigenvalue weighted by Gasteiger charge is 2.10. The summed E-state index contributed by atoms with van der Waals surface area (Å²) in [5.74, 6) is 0.875. The molecule has 0 aliphatic rings. The van der Waals surface area contributed by atoms with E-state index in [0.29, 0.717) is 12.1 Å².